The van der Waals surface area contributed by atoms with E-state index in [0.717, 1.165) is 13.1 Å². The van der Waals surface area contributed by atoms with E-state index in [1.165, 1.54) is 18.2 Å². The minimum Gasteiger partial charge on any atom is -0.379 e. The SMILES string of the molecule is CC=CN1CCC(C(=O)c2cccc(OS(=O)(=O)c3cc(F)cc(F)c3)c2)CC1. The van der Waals surface area contributed by atoms with Crippen LogP contribution in [0.2, 0.25) is 0 Å². The predicted molar refractivity (Wildman–Crippen MR) is 104 cm³/mol. The summed E-state index contributed by atoms with van der Waals surface area (Å²) in [4.78, 5) is 14.3. The highest BCUT2D eigenvalue weighted by molar-refractivity contribution is 7.87. The lowest BCUT2D eigenvalue weighted by Gasteiger charge is -2.30. The lowest BCUT2D eigenvalue weighted by atomic mass is 9.89. The zero-order valence-corrected chi connectivity index (χ0v) is 16.7. The monoisotopic (exact) mass is 421 g/mol. The molecule has 2 aromatic rings. The molecule has 1 aliphatic heterocycles. The van der Waals surface area contributed by atoms with Crippen molar-refractivity contribution in [2.45, 2.75) is 24.7 Å². The zero-order chi connectivity index (χ0) is 21.0. The van der Waals surface area contributed by atoms with E-state index < -0.39 is 26.6 Å². The van der Waals surface area contributed by atoms with Crippen LogP contribution >= 0.6 is 0 Å². The van der Waals surface area contributed by atoms with E-state index in [0.29, 0.717) is 36.6 Å². The van der Waals surface area contributed by atoms with Gasteiger partial charge in [0.15, 0.2) is 5.78 Å². The van der Waals surface area contributed by atoms with E-state index in [4.69, 9.17) is 4.18 Å². The van der Waals surface area contributed by atoms with Gasteiger partial charge >= 0.3 is 10.1 Å². The Kier molecular flexibility index (Phi) is 6.32. The summed E-state index contributed by atoms with van der Waals surface area (Å²) in [5.74, 6) is -2.38. The van der Waals surface area contributed by atoms with Crippen LogP contribution in [0.15, 0.2) is 59.6 Å². The van der Waals surface area contributed by atoms with Crippen molar-refractivity contribution in [2.24, 2.45) is 5.92 Å². The Morgan fingerprint density at radius 3 is 2.38 bits per heavy atom. The van der Waals surface area contributed by atoms with E-state index in [1.54, 1.807) is 6.07 Å². The third kappa shape index (κ3) is 5.20. The number of hydrogen-bond acceptors (Lipinski definition) is 5. The number of carbonyl (C=O) groups excluding carboxylic acids is 1. The van der Waals surface area contributed by atoms with Gasteiger partial charge in [0.1, 0.15) is 22.3 Å². The van der Waals surface area contributed by atoms with Crippen LogP contribution in [0.3, 0.4) is 0 Å². The largest absolute Gasteiger partial charge is 0.379 e. The maximum Gasteiger partial charge on any atom is 0.339 e. The van der Waals surface area contributed by atoms with E-state index in [-0.39, 0.29) is 17.5 Å². The van der Waals surface area contributed by atoms with Crippen molar-refractivity contribution in [3.63, 3.8) is 0 Å². The van der Waals surface area contributed by atoms with Crippen molar-refractivity contribution >= 4 is 15.9 Å². The second kappa shape index (κ2) is 8.73. The molecule has 0 amide bonds. The number of ketones is 1. The molecular weight excluding hydrogens is 400 g/mol. The second-order valence-corrected chi connectivity index (χ2v) is 8.37. The summed E-state index contributed by atoms with van der Waals surface area (Å²) in [6.07, 6.45) is 5.35. The van der Waals surface area contributed by atoms with E-state index in [9.17, 15) is 22.0 Å². The number of carbonyl (C=O) groups is 1. The van der Waals surface area contributed by atoms with Crippen LogP contribution in [0.5, 0.6) is 5.75 Å². The van der Waals surface area contributed by atoms with Gasteiger partial charge < -0.3 is 9.08 Å². The number of rotatable bonds is 6. The first-order valence-corrected chi connectivity index (χ1v) is 10.6. The number of nitrogens with zero attached hydrogens (tertiary/aromatic N) is 1. The van der Waals surface area contributed by atoms with Gasteiger partial charge in [0.05, 0.1) is 0 Å². The Hall–Kier alpha value is -2.74. The van der Waals surface area contributed by atoms with Crippen molar-refractivity contribution in [1.82, 2.24) is 4.90 Å². The van der Waals surface area contributed by atoms with Gasteiger partial charge in [-0.05, 0) is 50.2 Å². The molecule has 0 atom stereocenters. The molecule has 5 nitrogen and oxygen atoms in total. The summed E-state index contributed by atoms with van der Waals surface area (Å²) in [6.45, 7) is 3.49. The quantitative estimate of drug-likeness (QED) is 0.518. The van der Waals surface area contributed by atoms with Crippen molar-refractivity contribution in [2.75, 3.05) is 13.1 Å². The van der Waals surface area contributed by atoms with Crippen LogP contribution < -0.4 is 4.18 Å². The molecule has 0 unspecified atom stereocenters. The Balaban J connectivity index is 1.75. The highest BCUT2D eigenvalue weighted by atomic mass is 32.2. The van der Waals surface area contributed by atoms with Crippen molar-refractivity contribution < 1.29 is 26.2 Å². The maximum atomic E-state index is 13.3. The molecule has 1 fully saturated rings. The van der Waals surface area contributed by atoms with Crippen LogP contribution in [0.25, 0.3) is 0 Å². The second-order valence-electron chi connectivity index (χ2n) is 6.83. The number of hydrogen-bond donors (Lipinski definition) is 0. The number of halogens is 2. The summed E-state index contributed by atoms with van der Waals surface area (Å²) in [5, 5.41) is 0. The summed E-state index contributed by atoms with van der Waals surface area (Å²) < 4.78 is 56.3. The fraction of sp³-hybridized carbons (Fsp3) is 0.286. The molecule has 0 spiro atoms. The summed E-state index contributed by atoms with van der Waals surface area (Å²) in [5.41, 5.74) is 0.340. The molecule has 0 saturated carbocycles. The number of Topliss-reactive ketones (excluding diaryl/α,β-unsaturated/α-hetero) is 1. The first-order chi connectivity index (χ1) is 13.8. The van der Waals surface area contributed by atoms with E-state index in [2.05, 4.69) is 4.90 Å². The molecule has 0 radical (unpaired) electrons. The average Bonchev–Trinajstić information content (AvgIpc) is 2.67. The molecule has 1 saturated heterocycles. The van der Waals surface area contributed by atoms with Crippen LogP contribution in [-0.2, 0) is 10.1 Å². The highest BCUT2D eigenvalue weighted by Crippen LogP contribution is 2.26. The van der Waals surface area contributed by atoms with Gasteiger partial charge in [-0.15, -0.1) is 0 Å². The van der Waals surface area contributed by atoms with Gasteiger partial charge in [-0.25, -0.2) is 8.78 Å². The third-order valence-corrected chi connectivity index (χ3v) is 5.93. The average molecular weight is 421 g/mol. The normalized spacial score (nSPS) is 15.6. The molecule has 8 heteroatoms. The third-order valence-electron chi connectivity index (χ3n) is 4.71. The Morgan fingerprint density at radius 2 is 1.76 bits per heavy atom. The van der Waals surface area contributed by atoms with Crippen molar-refractivity contribution in [1.29, 1.82) is 0 Å². The summed E-state index contributed by atoms with van der Waals surface area (Å²) in [6, 6.07) is 7.74. The van der Waals surface area contributed by atoms with Gasteiger partial charge in [0.25, 0.3) is 0 Å². The van der Waals surface area contributed by atoms with Crippen molar-refractivity contribution in [3.05, 3.63) is 71.9 Å². The van der Waals surface area contributed by atoms with Crippen LogP contribution in [0.1, 0.15) is 30.1 Å². The molecule has 0 aromatic heterocycles. The van der Waals surface area contributed by atoms with Gasteiger partial charge in [-0.2, -0.15) is 8.42 Å². The lowest BCUT2D eigenvalue weighted by molar-refractivity contribution is 0.0865. The molecule has 0 N–H and O–H groups in total. The number of piperidine rings is 1. The molecule has 154 valence electrons. The highest BCUT2D eigenvalue weighted by Gasteiger charge is 2.25. The first-order valence-electron chi connectivity index (χ1n) is 9.20. The van der Waals surface area contributed by atoms with Gasteiger partial charge in [0.2, 0.25) is 0 Å². The first kappa shape index (κ1) is 21.0. The molecule has 29 heavy (non-hydrogen) atoms. The summed E-state index contributed by atoms with van der Waals surface area (Å²) >= 11 is 0. The molecule has 1 aliphatic rings. The maximum absolute atomic E-state index is 13.3. The van der Waals surface area contributed by atoms with Gasteiger partial charge in [-0.3, -0.25) is 4.79 Å². The van der Waals surface area contributed by atoms with Crippen molar-refractivity contribution in [3.8, 4) is 5.75 Å². The Labute approximate surface area is 168 Å². The summed E-state index contributed by atoms with van der Waals surface area (Å²) in [7, 11) is -4.44. The minimum atomic E-state index is -4.44. The van der Waals surface area contributed by atoms with Crippen LogP contribution in [0, 0.1) is 17.6 Å². The Bertz CT molecular complexity index is 1010. The molecule has 0 aliphatic carbocycles. The zero-order valence-electron chi connectivity index (χ0n) is 15.8. The lowest BCUT2D eigenvalue weighted by Crippen LogP contribution is -2.33. The molecule has 2 aromatic carbocycles. The topological polar surface area (TPSA) is 63.7 Å². The van der Waals surface area contributed by atoms with Gasteiger partial charge in [-0.1, -0.05) is 18.2 Å². The molecule has 1 heterocycles. The number of allylic oxidation sites excluding steroid dienone is 1. The Morgan fingerprint density at radius 1 is 1.10 bits per heavy atom. The van der Waals surface area contributed by atoms with Crippen LogP contribution in [0.4, 0.5) is 8.78 Å². The van der Waals surface area contributed by atoms with E-state index in [1.807, 2.05) is 19.2 Å². The molecule has 0 bridgehead atoms. The predicted octanol–water partition coefficient (Wildman–Crippen LogP) is 4.16. The fourth-order valence-corrected chi connectivity index (χ4v) is 4.27. The van der Waals surface area contributed by atoms with Crippen LogP contribution in [-0.4, -0.2) is 32.2 Å². The standard InChI is InChI=1S/C21H21F2NO4S/c1-2-8-24-9-6-15(7-10-24)21(25)16-4-3-5-19(11-16)28-29(26,27)20-13-17(22)12-18(23)14-20/h2-5,8,11-15H,6-7,9-10H2,1H3. The minimum absolute atomic E-state index is 0.0789. The fourth-order valence-electron chi connectivity index (χ4n) is 3.31. The molecular formula is C21H21F2NO4S. The van der Waals surface area contributed by atoms with Gasteiger partial charge in [0, 0.05) is 30.6 Å². The van der Waals surface area contributed by atoms with E-state index >= 15 is 0 Å². The smallest absolute Gasteiger partial charge is 0.339 e. The number of benzene rings is 2. The molecule has 3 rings (SSSR count). The number of likely N-dealkylation sites (tertiary alicyclic amines) is 1.